The summed E-state index contributed by atoms with van der Waals surface area (Å²) in [6.07, 6.45) is 1.85. The van der Waals surface area contributed by atoms with E-state index >= 15 is 0 Å². The molecule has 0 aliphatic heterocycles. The Kier molecular flexibility index (Phi) is 18.7. The summed E-state index contributed by atoms with van der Waals surface area (Å²) in [5.41, 5.74) is 0.939. The van der Waals surface area contributed by atoms with Crippen molar-refractivity contribution < 1.29 is 21.1 Å². The van der Waals surface area contributed by atoms with Crippen molar-refractivity contribution >= 4 is 0 Å². The normalized spacial score (nSPS) is 8.00. The van der Waals surface area contributed by atoms with E-state index in [2.05, 4.69) is 38.0 Å². The molecule has 4 heteroatoms. The van der Waals surface area contributed by atoms with E-state index in [0.717, 1.165) is 5.69 Å². The first kappa shape index (κ1) is 20.3. The summed E-state index contributed by atoms with van der Waals surface area (Å²) < 4.78 is 1.69. The third-order valence-electron chi connectivity index (χ3n) is 0.882. The molecule has 1 aromatic rings. The van der Waals surface area contributed by atoms with Crippen LogP contribution in [0.4, 0.5) is 0 Å². The van der Waals surface area contributed by atoms with Crippen molar-refractivity contribution in [2.24, 2.45) is 0 Å². The smallest absolute Gasteiger partial charge is 0.323 e. The summed E-state index contributed by atoms with van der Waals surface area (Å²) in [7, 11) is 0. The molecule has 1 aromatic heterocycles. The average molecular weight is 381 g/mol. The zero-order valence-electron chi connectivity index (χ0n) is 10.7. The van der Waals surface area contributed by atoms with Crippen LogP contribution in [-0.2, 0) is 27.6 Å². The Morgan fingerprint density at radius 3 is 1.87 bits per heavy atom. The fraction of sp³-hybridized carbons (Fsp3) is 0.636. The van der Waals surface area contributed by atoms with Crippen LogP contribution in [0.2, 0.25) is 0 Å². The van der Waals surface area contributed by atoms with E-state index in [9.17, 15) is 0 Å². The van der Waals surface area contributed by atoms with Gasteiger partial charge in [-0.05, 0) is 6.92 Å². The molecule has 0 radical (unpaired) electrons. The molecular formula is C11H23N3W. The molecule has 88 valence electrons. The van der Waals surface area contributed by atoms with Crippen LogP contribution in [0.1, 0.15) is 40.3 Å². The Morgan fingerprint density at radius 1 is 1.33 bits per heavy atom. The summed E-state index contributed by atoms with van der Waals surface area (Å²) >= 11 is 0. The number of aryl methyl sites for hydroxylation is 1. The van der Waals surface area contributed by atoms with Crippen molar-refractivity contribution in [2.75, 3.05) is 0 Å². The first-order valence-corrected chi connectivity index (χ1v) is 4.99. The molecule has 0 fully saturated rings. The van der Waals surface area contributed by atoms with Crippen LogP contribution in [0.5, 0.6) is 0 Å². The molecule has 0 unspecified atom stereocenters. The molecule has 0 N–H and O–H groups in total. The summed E-state index contributed by atoms with van der Waals surface area (Å²) in [5, 5.41) is 7.50. The molecule has 0 atom stereocenters. The molecule has 0 bridgehead atoms. The van der Waals surface area contributed by atoms with Crippen LogP contribution in [0.3, 0.4) is 0 Å². The number of hydrogen-bond acceptors (Lipinski definition) is 2. The molecule has 0 aliphatic carbocycles. The zero-order valence-corrected chi connectivity index (χ0v) is 13.7. The quantitative estimate of drug-likeness (QED) is 0.701. The van der Waals surface area contributed by atoms with Gasteiger partial charge in [0.1, 0.15) is 0 Å². The molecule has 3 nitrogen and oxygen atoms in total. The second kappa shape index (κ2) is 13.8. The Morgan fingerprint density at radius 2 is 1.73 bits per heavy atom. The Labute approximate surface area is 109 Å². The van der Waals surface area contributed by atoms with Gasteiger partial charge in [0.05, 0.1) is 5.69 Å². The van der Waals surface area contributed by atoms with Crippen molar-refractivity contribution in [1.82, 2.24) is 15.0 Å². The fourth-order valence-corrected chi connectivity index (χ4v) is 0.505. The van der Waals surface area contributed by atoms with Gasteiger partial charge in [0.15, 0.2) is 0 Å². The number of aromatic nitrogens is 3. The van der Waals surface area contributed by atoms with E-state index < -0.39 is 0 Å². The van der Waals surface area contributed by atoms with E-state index in [0.29, 0.717) is 6.54 Å². The minimum absolute atomic E-state index is 0. The van der Waals surface area contributed by atoms with Crippen molar-refractivity contribution in [1.29, 1.82) is 0 Å². The van der Waals surface area contributed by atoms with Crippen molar-refractivity contribution in [3.63, 3.8) is 0 Å². The van der Waals surface area contributed by atoms with Gasteiger partial charge in [-0.25, -0.2) is 0 Å². The second-order valence-corrected chi connectivity index (χ2v) is 3.12. The van der Waals surface area contributed by atoms with Crippen LogP contribution in [0.25, 0.3) is 0 Å². The zero-order chi connectivity index (χ0) is 11.6. The first-order valence-electron chi connectivity index (χ1n) is 4.99. The van der Waals surface area contributed by atoms with Gasteiger partial charge in [-0.2, -0.15) is 20.8 Å². The minimum atomic E-state index is 0. The molecule has 1 heterocycles. The predicted octanol–water partition coefficient (Wildman–Crippen LogP) is 3.06. The summed E-state index contributed by atoms with van der Waals surface area (Å²) in [5.74, 6) is 1.42. The van der Waals surface area contributed by atoms with Crippen molar-refractivity contribution in [3.8, 4) is 0 Å². The molecule has 0 aromatic carbocycles. The van der Waals surface area contributed by atoms with Gasteiger partial charge in [-0.15, -0.1) is 5.10 Å². The summed E-state index contributed by atoms with van der Waals surface area (Å²) in [6.45, 7) is 16.4. The third-order valence-corrected chi connectivity index (χ3v) is 0.882. The van der Waals surface area contributed by atoms with E-state index in [1.54, 1.807) is 4.68 Å². The summed E-state index contributed by atoms with van der Waals surface area (Å²) in [4.78, 5) is 0. The summed E-state index contributed by atoms with van der Waals surface area (Å²) in [6, 6.07) is 0. The van der Waals surface area contributed by atoms with Crippen LogP contribution >= 0.6 is 0 Å². The van der Waals surface area contributed by atoms with Gasteiger partial charge < -0.3 is 12.8 Å². The van der Waals surface area contributed by atoms with Gasteiger partial charge in [0.2, 0.25) is 0 Å². The van der Waals surface area contributed by atoms with Crippen molar-refractivity contribution in [3.05, 3.63) is 24.7 Å². The Hall–Kier alpha value is -0.172. The molecule has 0 amide bonds. The number of nitrogens with zero attached hydrogens (tertiary/aromatic N) is 3. The van der Waals surface area contributed by atoms with Crippen LogP contribution < -0.4 is 0 Å². The average Bonchev–Trinajstić information content (AvgIpc) is 2.54. The van der Waals surface area contributed by atoms with Crippen LogP contribution in [-0.4, -0.2) is 15.0 Å². The first-order chi connectivity index (χ1) is 6.56. The maximum Gasteiger partial charge on any atom is 2.00 e. The molecule has 0 saturated heterocycles. The van der Waals surface area contributed by atoms with E-state index in [-0.39, 0.29) is 21.1 Å². The number of hydrogen-bond donors (Lipinski definition) is 0. The van der Waals surface area contributed by atoms with Gasteiger partial charge in [-0.3, -0.25) is 4.68 Å². The van der Waals surface area contributed by atoms with E-state index in [4.69, 9.17) is 0 Å². The maximum absolute atomic E-state index is 3.76. The molecule has 15 heavy (non-hydrogen) atoms. The van der Waals surface area contributed by atoms with Crippen LogP contribution in [0, 0.1) is 19.8 Å². The molecule has 0 saturated carbocycles. The predicted molar refractivity (Wildman–Crippen MR) is 61.7 cm³/mol. The van der Waals surface area contributed by atoms with Gasteiger partial charge in [0.25, 0.3) is 0 Å². The van der Waals surface area contributed by atoms with Gasteiger partial charge in [0, 0.05) is 6.20 Å². The van der Waals surface area contributed by atoms with E-state index in [1.807, 2.05) is 27.0 Å². The Bertz CT molecular complexity index is 207. The van der Waals surface area contributed by atoms with Crippen molar-refractivity contribution in [2.45, 2.75) is 48.1 Å². The topological polar surface area (TPSA) is 30.7 Å². The van der Waals surface area contributed by atoms with Gasteiger partial charge >= 0.3 is 21.1 Å². The van der Waals surface area contributed by atoms with Gasteiger partial charge in [-0.1, -0.05) is 25.6 Å². The van der Waals surface area contributed by atoms with E-state index in [1.165, 1.54) is 5.92 Å². The largest absolute Gasteiger partial charge is 2.00 e. The molecule has 0 aliphatic rings. The molecule has 0 spiro atoms. The Balaban J connectivity index is -0.000000179. The fourth-order valence-electron chi connectivity index (χ4n) is 0.505. The van der Waals surface area contributed by atoms with Crippen LogP contribution in [0.15, 0.2) is 6.20 Å². The second-order valence-electron chi connectivity index (χ2n) is 3.12. The maximum atomic E-state index is 3.76. The number of rotatable bonds is 1. The third kappa shape index (κ3) is 16.5. The molecular weight excluding hydrogens is 358 g/mol. The monoisotopic (exact) mass is 381 g/mol. The molecule has 1 rings (SSSR count). The SMILES string of the molecule is CC.C[C-](C)C.[CH2-]Cn1cc(C)nn1.[W+2]. The standard InChI is InChI=1S/C5H8N3.C4H9.C2H6.W/c1-3-8-4-5(2)6-7-8;1-4(2)3;1-2;/h4H,1,3H2,2H3;1-3H3;1-2H3;/q2*-1;;+2. The minimum Gasteiger partial charge on any atom is -0.323 e.